The Hall–Kier alpha value is -2.88. The smallest absolute Gasteiger partial charge is 0.166 e. The summed E-state index contributed by atoms with van der Waals surface area (Å²) in [5.74, 6) is -2.50. The summed E-state index contributed by atoms with van der Waals surface area (Å²) in [5.41, 5.74) is 2.43. The van der Waals surface area contributed by atoms with Crippen LogP contribution >= 0.6 is 0 Å². The van der Waals surface area contributed by atoms with Crippen molar-refractivity contribution in [1.29, 1.82) is 0 Å². The second-order valence-corrected chi connectivity index (χ2v) is 9.39. The second-order valence-electron chi connectivity index (χ2n) is 9.39. The zero-order valence-electron chi connectivity index (χ0n) is 19.7. The van der Waals surface area contributed by atoms with Gasteiger partial charge in [0.1, 0.15) is 0 Å². The minimum absolute atomic E-state index is 0.0798. The lowest BCUT2D eigenvalue weighted by Crippen LogP contribution is -2.14. The van der Waals surface area contributed by atoms with E-state index in [1.54, 1.807) is 42.5 Å². The lowest BCUT2D eigenvalue weighted by molar-refractivity contribution is 0.303. The fraction of sp³-hybridized carbons (Fsp3) is 0.333. The van der Waals surface area contributed by atoms with Gasteiger partial charge in [0.25, 0.3) is 0 Å². The van der Waals surface area contributed by atoms with Crippen LogP contribution in [0.25, 0.3) is 23.3 Å². The van der Waals surface area contributed by atoms with Crippen LogP contribution in [0.15, 0.2) is 48.5 Å². The van der Waals surface area contributed by atoms with E-state index in [0.29, 0.717) is 17.0 Å². The van der Waals surface area contributed by atoms with Crippen LogP contribution in [0.5, 0.6) is 0 Å². The molecule has 3 aromatic carbocycles. The van der Waals surface area contributed by atoms with E-state index < -0.39 is 23.3 Å². The summed E-state index contributed by atoms with van der Waals surface area (Å²) in [6.45, 7) is 3.70. The van der Waals surface area contributed by atoms with Crippen molar-refractivity contribution in [3.63, 3.8) is 0 Å². The first-order valence-corrected chi connectivity index (χ1v) is 12.1. The summed E-state index contributed by atoms with van der Waals surface area (Å²) in [6.07, 6.45) is 9.52. The number of benzene rings is 3. The normalized spacial score (nSPS) is 18.5. The van der Waals surface area contributed by atoms with Crippen LogP contribution in [0.1, 0.15) is 73.6 Å². The maximum absolute atomic E-state index is 15.0. The van der Waals surface area contributed by atoms with Crippen molar-refractivity contribution in [2.24, 2.45) is 5.92 Å². The van der Waals surface area contributed by atoms with E-state index in [-0.39, 0.29) is 22.6 Å². The zero-order chi connectivity index (χ0) is 24.2. The summed E-state index contributed by atoms with van der Waals surface area (Å²) < 4.78 is 57.8. The fourth-order valence-electron chi connectivity index (χ4n) is 5.02. The molecule has 0 heterocycles. The van der Waals surface area contributed by atoms with Crippen LogP contribution < -0.4 is 0 Å². The van der Waals surface area contributed by atoms with Crippen molar-refractivity contribution < 1.29 is 17.6 Å². The zero-order valence-corrected chi connectivity index (χ0v) is 19.7. The van der Waals surface area contributed by atoms with E-state index in [9.17, 15) is 8.78 Å². The Morgan fingerprint density at radius 3 is 2.12 bits per heavy atom. The second kappa shape index (κ2) is 10.6. The van der Waals surface area contributed by atoms with Gasteiger partial charge in [-0.05, 0) is 66.7 Å². The van der Waals surface area contributed by atoms with Gasteiger partial charge in [-0.25, -0.2) is 17.6 Å². The Kier molecular flexibility index (Phi) is 7.55. The number of halogens is 4. The Morgan fingerprint density at radius 1 is 0.735 bits per heavy atom. The Labute approximate surface area is 199 Å². The van der Waals surface area contributed by atoms with E-state index in [1.165, 1.54) is 38.0 Å². The van der Waals surface area contributed by atoms with Crippen LogP contribution in [0.4, 0.5) is 17.6 Å². The molecule has 0 bridgehead atoms. The van der Waals surface area contributed by atoms with Crippen LogP contribution in [0, 0.1) is 36.1 Å². The summed E-state index contributed by atoms with van der Waals surface area (Å²) in [5, 5.41) is 0. The Bertz CT molecular complexity index is 1170. The van der Waals surface area contributed by atoms with Crippen LogP contribution in [-0.2, 0) is 0 Å². The highest BCUT2D eigenvalue weighted by Gasteiger charge is 2.26. The fourth-order valence-corrected chi connectivity index (χ4v) is 5.02. The molecule has 34 heavy (non-hydrogen) atoms. The molecule has 0 amide bonds. The number of hydrogen-bond acceptors (Lipinski definition) is 0. The first kappa shape index (κ1) is 24.3. The molecule has 0 spiro atoms. The summed E-state index contributed by atoms with van der Waals surface area (Å²) >= 11 is 0. The van der Waals surface area contributed by atoms with Crippen molar-refractivity contribution in [3.05, 3.63) is 94.1 Å². The topological polar surface area (TPSA) is 0 Å². The lowest BCUT2D eigenvalue weighted by atomic mass is 9.77. The molecule has 0 radical (unpaired) electrons. The largest absolute Gasteiger partial charge is 0.203 e. The van der Waals surface area contributed by atoms with Gasteiger partial charge in [-0.3, -0.25) is 0 Å². The van der Waals surface area contributed by atoms with E-state index in [2.05, 4.69) is 6.92 Å². The molecule has 0 nitrogen and oxygen atoms in total. The minimum atomic E-state index is -0.885. The predicted molar refractivity (Wildman–Crippen MR) is 131 cm³/mol. The third kappa shape index (κ3) is 5.11. The molecule has 0 saturated heterocycles. The van der Waals surface area contributed by atoms with Gasteiger partial charge < -0.3 is 0 Å². The van der Waals surface area contributed by atoms with Crippen molar-refractivity contribution in [1.82, 2.24) is 0 Å². The van der Waals surface area contributed by atoms with Gasteiger partial charge in [0, 0.05) is 11.1 Å². The summed E-state index contributed by atoms with van der Waals surface area (Å²) in [6, 6.07) is 13.4. The van der Waals surface area contributed by atoms with Crippen molar-refractivity contribution in [3.8, 4) is 11.1 Å². The molecule has 0 aliphatic heterocycles. The van der Waals surface area contributed by atoms with Gasteiger partial charge >= 0.3 is 0 Å². The maximum atomic E-state index is 15.0. The van der Waals surface area contributed by atoms with Gasteiger partial charge in [0.2, 0.25) is 0 Å². The number of hydrogen-bond donors (Lipinski definition) is 0. The molecule has 0 N–H and O–H groups in total. The number of aryl methyl sites for hydroxylation is 1. The van der Waals surface area contributed by atoms with Gasteiger partial charge in [-0.1, -0.05) is 80.4 Å². The van der Waals surface area contributed by atoms with Gasteiger partial charge in [0.05, 0.1) is 0 Å². The molecule has 1 aliphatic carbocycles. The van der Waals surface area contributed by atoms with Gasteiger partial charge in [-0.15, -0.1) is 0 Å². The average molecular weight is 467 g/mol. The minimum Gasteiger partial charge on any atom is -0.203 e. The standard InChI is InChI=1S/C30H30F4/c1-3-4-20-6-12-22(13-7-20)25-17-18-26(30(34)29(25)33)23-14-8-21(9-15-23)10-16-24-11-5-19(2)27(31)28(24)32/h5,8-11,14-18,20,22H,3-4,6-7,12-13H2,1-2H3/b16-10+. The third-order valence-electron chi connectivity index (χ3n) is 7.08. The molecule has 3 aromatic rings. The molecule has 1 saturated carbocycles. The first-order valence-electron chi connectivity index (χ1n) is 12.1. The molecule has 4 heteroatoms. The van der Waals surface area contributed by atoms with Crippen LogP contribution in [-0.4, -0.2) is 0 Å². The molecular formula is C30H30F4. The van der Waals surface area contributed by atoms with E-state index >= 15 is 8.78 Å². The summed E-state index contributed by atoms with van der Waals surface area (Å²) in [7, 11) is 0. The Balaban J connectivity index is 1.50. The molecular weight excluding hydrogens is 436 g/mol. The van der Waals surface area contributed by atoms with Gasteiger partial charge in [0.15, 0.2) is 23.3 Å². The molecule has 178 valence electrons. The molecule has 1 fully saturated rings. The highest BCUT2D eigenvalue weighted by Crippen LogP contribution is 2.40. The van der Waals surface area contributed by atoms with Crippen molar-refractivity contribution in [2.75, 3.05) is 0 Å². The predicted octanol–water partition coefficient (Wildman–Crippen LogP) is 9.46. The highest BCUT2D eigenvalue weighted by molar-refractivity contribution is 5.72. The molecule has 0 atom stereocenters. The van der Waals surface area contributed by atoms with Crippen LogP contribution in [0.2, 0.25) is 0 Å². The third-order valence-corrected chi connectivity index (χ3v) is 7.08. The van der Waals surface area contributed by atoms with E-state index in [4.69, 9.17) is 0 Å². The van der Waals surface area contributed by atoms with E-state index in [1.807, 2.05) is 0 Å². The monoisotopic (exact) mass is 466 g/mol. The van der Waals surface area contributed by atoms with Crippen LogP contribution in [0.3, 0.4) is 0 Å². The summed E-state index contributed by atoms with van der Waals surface area (Å²) in [4.78, 5) is 0. The molecule has 0 aromatic heterocycles. The van der Waals surface area contributed by atoms with Crippen molar-refractivity contribution in [2.45, 2.75) is 58.3 Å². The first-order chi connectivity index (χ1) is 16.4. The van der Waals surface area contributed by atoms with Gasteiger partial charge in [-0.2, -0.15) is 0 Å². The molecule has 4 rings (SSSR count). The molecule has 0 unspecified atom stereocenters. The quantitative estimate of drug-likeness (QED) is 0.251. The van der Waals surface area contributed by atoms with Crippen molar-refractivity contribution >= 4 is 12.2 Å². The SMILES string of the molecule is CCCC1CCC(c2ccc(-c3ccc(/C=C/c4ccc(C)c(F)c4F)cc3)c(F)c2F)CC1. The highest BCUT2D eigenvalue weighted by atomic mass is 19.2. The maximum Gasteiger partial charge on any atom is 0.166 e. The lowest BCUT2D eigenvalue weighted by Gasteiger charge is -2.29. The Morgan fingerprint density at radius 2 is 1.44 bits per heavy atom. The van der Waals surface area contributed by atoms with E-state index in [0.717, 1.165) is 31.2 Å². The average Bonchev–Trinajstić information content (AvgIpc) is 2.85. The number of rotatable bonds is 6. The molecule has 1 aliphatic rings.